The van der Waals surface area contributed by atoms with Crippen LogP contribution >= 0.6 is 23.2 Å². The highest BCUT2D eigenvalue weighted by Gasteiger charge is 2.32. The summed E-state index contributed by atoms with van der Waals surface area (Å²) in [4.78, 5) is 12.7. The molecule has 0 bridgehead atoms. The number of rotatable bonds is 6. The molecule has 4 rings (SSSR count). The van der Waals surface area contributed by atoms with E-state index in [1.165, 1.54) is 4.31 Å². The first-order chi connectivity index (χ1) is 14.8. The predicted octanol–water partition coefficient (Wildman–Crippen LogP) is 3.58. The second kappa shape index (κ2) is 9.24. The lowest BCUT2D eigenvalue weighted by molar-refractivity contribution is -0.126. The zero-order chi connectivity index (χ0) is 22.0. The molecule has 1 amide bonds. The van der Waals surface area contributed by atoms with Gasteiger partial charge in [0.2, 0.25) is 22.7 Å². The summed E-state index contributed by atoms with van der Waals surface area (Å²) in [7, 11) is -3.59. The molecule has 1 fully saturated rings. The Morgan fingerprint density at radius 1 is 1.06 bits per heavy atom. The Morgan fingerprint density at radius 3 is 2.65 bits per heavy atom. The van der Waals surface area contributed by atoms with Gasteiger partial charge in [-0.15, -0.1) is 0 Å². The molecule has 2 aromatic rings. The summed E-state index contributed by atoms with van der Waals surface area (Å²) < 4.78 is 37.8. The molecule has 166 valence electrons. The molecular weight excluding hydrogens is 463 g/mol. The summed E-state index contributed by atoms with van der Waals surface area (Å²) in [5.74, 6) is 0.600. The first kappa shape index (κ1) is 22.2. The van der Waals surface area contributed by atoms with E-state index in [1.54, 1.807) is 18.2 Å². The van der Waals surface area contributed by atoms with Gasteiger partial charge in [0.1, 0.15) is 0 Å². The fourth-order valence-electron chi connectivity index (χ4n) is 3.72. The van der Waals surface area contributed by atoms with E-state index in [4.69, 9.17) is 32.7 Å². The molecule has 1 N–H and O–H groups in total. The molecule has 2 aliphatic heterocycles. The zero-order valence-electron chi connectivity index (χ0n) is 16.6. The number of nitrogens with one attached hydrogen (secondary N) is 1. The van der Waals surface area contributed by atoms with Crippen molar-refractivity contribution in [1.82, 2.24) is 9.62 Å². The van der Waals surface area contributed by atoms with E-state index >= 15 is 0 Å². The lowest BCUT2D eigenvalue weighted by Gasteiger charge is -2.31. The van der Waals surface area contributed by atoms with Crippen LogP contribution in [0.3, 0.4) is 0 Å². The minimum Gasteiger partial charge on any atom is -0.454 e. The van der Waals surface area contributed by atoms with Gasteiger partial charge in [-0.25, -0.2) is 12.7 Å². The number of carbonyl (C=O) groups excluding carboxylic acids is 1. The summed E-state index contributed by atoms with van der Waals surface area (Å²) in [6, 6.07) is 10.3. The summed E-state index contributed by atoms with van der Waals surface area (Å²) in [6.07, 6.45) is 1.27. The molecule has 2 aliphatic rings. The molecule has 7 nitrogen and oxygen atoms in total. The quantitative estimate of drug-likeness (QED) is 0.676. The van der Waals surface area contributed by atoms with Gasteiger partial charge in [-0.3, -0.25) is 4.79 Å². The van der Waals surface area contributed by atoms with Crippen LogP contribution in [0.25, 0.3) is 0 Å². The number of hydrogen-bond acceptors (Lipinski definition) is 5. The van der Waals surface area contributed by atoms with Crippen molar-refractivity contribution < 1.29 is 22.7 Å². The lowest BCUT2D eigenvalue weighted by atomic mass is 9.98. The largest absolute Gasteiger partial charge is 0.454 e. The number of benzene rings is 2. The summed E-state index contributed by atoms with van der Waals surface area (Å²) in [5.41, 5.74) is 1.45. The summed E-state index contributed by atoms with van der Waals surface area (Å²) in [5, 5.41) is 3.60. The Labute approximate surface area is 191 Å². The monoisotopic (exact) mass is 484 g/mol. The van der Waals surface area contributed by atoms with Gasteiger partial charge >= 0.3 is 0 Å². The van der Waals surface area contributed by atoms with Gasteiger partial charge in [-0.1, -0.05) is 35.3 Å². The predicted molar refractivity (Wildman–Crippen MR) is 118 cm³/mol. The zero-order valence-corrected chi connectivity index (χ0v) is 19.0. The molecule has 0 saturated carbocycles. The van der Waals surface area contributed by atoms with Gasteiger partial charge in [0.05, 0.1) is 21.7 Å². The Kier molecular flexibility index (Phi) is 6.62. The Bertz CT molecular complexity index is 1090. The fraction of sp³-hybridized carbons (Fsp3) is 0.381. The third-order valence-electron chi connectivity index (χ3n) is 5.39. The van der Waals surface area contributed by atoms with Crippen molar-refractivity contribution in [3.63, 3.8) is 0 Å². The molecular formula is C21H22Cl2N2O5S. The van der Waals surface area contributed by atoms with E-state index in [9.17, 15) is 13.2 Å². The Balaban J connectivity index is 1.35. The average Bonchev–Trinajstić information content (AvgIpc) is 3.22. The van der Waals surface area contributed by atoms with Crippen LogP contribution < -0.4 is 14.8 Å². The van der Waals surface area contributed by atoms with Crippen LogP contribution in [0, 0.1) is 5.92 Å². The van der Waals surface area contributed by atoms with E-state index in [2.05, 4.69) is 5.32 Å². The van der Waals surface area contributed by atoms with Crippen LogP contribution in [0.4, 0.5) is 0 Å². The molecule has 2 heterocycles. The first-order valence-electron chi connectivity index (χ1n) is 9.90. The van der Waals surface area contributed by atoms with E-state index in [-0.39, 0.29) is 25.0 Å². The number of hydrogen-bond donors (Lipinski definition) is 1. The van der Waals surface area contributed by atoms with Crippen molar-refractivity contribution in [2.24, 2.45) is 5.92 Å². The molecule has 2 aromatic carbocycles. The number of piperidine rings is 1. The number of amides is 1. The van der Waals surface area contributed by atoms with E-state index in [0.717, 1.165) is 5.56 Å². The van der Waals surface area contributed by atoms with Gasteiger partial charge < -0.3 is 14.8 Å². The average molecular weight is 485 g/mol. The highest BCUT2D eigenvalue weighted by molar-refractivity contribution is 7.88. The normalized spacial score (nSPS) is 18.7. The molecule has 0 aliphatic carbocycles. The Hall–Kier alpha value is -2.00. The van der Waals surface area contributed by atoms with E-state index in [0.29, 0.717) is 53.0 Å². The van der Waals surface area contributed by atoms with Crippen molar-refractivity contribution in [2.75, 3.05) is 19.9 Å². The summed E-state index contributed by atoms with van der Waals surface area (Å²) >= 11 is 11.9. The number of carbonyl (C=O) groups is 1. The van der Waals surface area contributed by atoms with Crippen molar-refractivity contribution in [1.29, 1.82) is 0 Å². The van der Waals surface area contributed by atoms with Crippen LogP contribution in [0.1, 0.15) is 24.0 Å². The smallest absolute Gasteiger partial charge is 0.231 e. The fourth-order valence-corrected chi connectivity index (χ4v) is 5.64. The van der Waals surface area contributed by atoms with Gasteiger partial charge in [-0.05, 0) is 48.2 Å². The third-order valence-corrected chi connectivity index (χ3v) is 7.94. The van der Waals surface area contributed by atoms with Crippen molar-refractivity contribution >= 4 is 39.1 Å². The van der Waals surface area contributed by atoms with Crippen molar-refractivity contribution in [3.8, 4) is 11.5 Å². The topological polar surface area (TPSA) is 84.9 Å². The highest BCUT2D eigenvalue weighted by Crippen LogP contribution is 2.32. The molecule has 10 heteroatoms. The van der Waals surface area contributed by atoms with E-state index in [1.807, 2.05) is 18.2 Å². The summed E-state index contributed by atoms with van der Waals surface area (Å²) in [6.45, 7) is 1.09. The maximum atomic E-state index is 12.9. The molecule has 0 spiro atoms. The third kappa shape index (κ3) is 5.26. The minimum absolute atomic E-state index is 0.160. The van der Waals surface area contributed by atoms with Gasteiger partial charge in [0.25, 0.3) is 0 Å². The van der Waals surface area contributed by atoms with Crippen LogP contribution in [-0.4, -0.2) is 38.5 Å². The molecule has 1 atom stereocenters. The van der Waals surface area contributed by atoms with Gasteiger partial charge in [0.15, 0.2) is 11.5 Å². The second-order valence-corrected chi connectivity index (χ2v) is 10.4. The molecule has 0 unspecified atom stereocenters. The minimum atomic E-state index is -3.59. The maximum Gasteiger partial charge on any atom is 0.231 e. The van der Waals surface area contributed by atoms with Crippen LogP contribution in [-0.2, 0) is 27.1 Å². The number of fused-ring (bicyclic) bond motifs is 1. The van der Waals surface area contributed by atoms with Gasteiger partial charge in [0, 0.05) is 19.6 Å². The standard InChI is InChI=1S/C21H22Cl2N2O5S/c22-17-5-3-15(8-18(17)23)12-31(27,28)25-7-1-2-16(11-25)21(26)24-10-14-4-6-19-20(9-14)30-13-29-19/h3-6,8-9,16H,1-2,7,10-13H2,(H,24,26)/t16-/m1/s1. The first-order valence-corrected chi connectivity index (χ1v) is 12.3. The SMILES string of the molecule is O=C(NCc1ccc2c(c1)OCO2)[C@@H]1CCCN(S(=O)(=O)Cc2ccc(Cl)c(Cl)c2)C1. The number of ether oxygens (including phenoxy) is 2. The van der Waals surface area contributed by atoms with Crippen LogP contribution in [0.2, 0.25) is 10.0 Å². The van der Waals surface area contributed by atoms with E-state index < -0.39 is 15.9 Å². The highest BCUT2D eigenvalue weighted by atomic mass is 35.5. The van der Waals surface area contributed by atoms with Crippen LogP contribution in [0.15, 0.2) is 36.4 Å². The molecule has 0 aromatic heterocycles. The van der Waals surface area contributed by atoms with Crippen LogP contribution in [0.5, 0.6) is 11.5 Å². The Morgan fingerprint density at radius 2 is 1.84 bits per heavy atom. The number of sulfonamides is 1. The number of halogens is 2. The maximum absolute atomic E-state index is 12.9. The lowest BCUT2D eigenvalue weighted by Crippen LogP contribution is -2.45. The second-order valence-electron chi connectivity index (χ2n) is 7.61. The van der Waals surface area contributed by atoms with Gasteiger partial charge in [-0.2, -0.15) is 0 Å². The molecule has 0 radical (unpaired) electrons. The number of nitrogens with zero attached hydrogens (tertiary/aromatic N) is 1. The molecule has 31 heavy (non-hydrogen) atoms. The molecule has 1 saturated heterocycles. The van der Waals surface area contributed by atoms with Crippen molar-refractivity contribution in [3.05, 3.63) is 57.6 Å². The van der Waals surface area contributed by atoms with Crippen molar-refractivity contribution in [2.45, 2.75) is 25.1 Å².